The highest BCUT2D eigenvalue weighted by atomic mass is 16.6. The van der Waals surface area contributed by atoms with Crippen LogP contribution in [0.1, 0.15) is 156 Å². The molecule has 3 heterocycles. The maximum Gasteiger partial charge on any atom is 0.411 e. The van der Waals surface area contributed by atoms with Gasteiger partial charge in [-0.05, 0) is 117 Å². The number of nitrogens with one attached hydrogen (secondary N) is 5. The number of piperidine rings is 1. The number of benzene rings is 2. The number of anilines is 1. The van der Waals surface area contributed by atoms with E-state index in [0.717, 1.165) is 17.7 Å². The molecule has 0 radical (unpaired) electrons. The van der Waals surface area contributed by atoms with Gasteiger partial charge in [0.15, 0.2) is 0 Å². The van der Waals surface area contributed by atoms with Crippen LogP contribution in [0.3, 0.4) is 0 Å². The molecule has 94 heavy (non-hydrogen) atoms. The first-order valence-electron chi connectivity index (χ1n) is 33.8. The van der Waals surface area contributed by atoms with Crippen LogP contribution in [-0.4, -0.2) is 180 Å². The summed E-state index contributed by atoms with van der Waals surface area (Å²) in [6.45, 7) is 15.9. The third-order valence-electron chi connectivity index (χ3n) is 19.3. The van der Waals surface area contributed by atoms with Gasteiger partial charge in [0.1, 0.15) is 36.6 Å². The molecule has 2 saturated heterocycles. The molecule has 2 aromatic rings. The van der Waals surface area contributed by atoms with E-state index in [-0.39, 0.29) is 122 Å². The SMILES string of the molecule is CC[C@H](C)[C@@H]([C@@H](CC(=O)N1CCC[C@H]1[C@H](OC)[C@@H](C)C(=O)C[C@H](C)Cc1ccccc1)OC)N(C)C(=O)[C@@H](NC(=O)[C@@H]1[C@H]2CC[C@@H](C2)N1C(=O)OCc1ccc(NC(=O)[C@H](CCCNC(N)=O)NC(=O)[C@H](NC(=O)CCCCCN2C(=O)C=CC2=O)C(C)C)cc1)C(C)C. The van der Waals surface area contributed by atoms with E-state index >= 15 is 0 Å². The molecule has 0 unspecified atom stereocenters. The van der Waals surface area contributed by atoms with Gasteiger partial charge in [-0.25, -0.2) is 9.59 Å². The maximum atomic E-state index is 14.9. The number of nitrogens with two attached hydrogens (primary N) is 1. The van der Waals surface area contributed by atoms with Gasteiger partial charge in [0, 0.05) is 83.5 Å². The lowest BCUT2D eigenvalue weighted by atomic mass is 9.86. The summed E-state index contributed by atoms with van der Waals surface area (Å²) < 4.78 is 18.1. The van der Waals surface area contributed by atoms with E-state index in [1.54, 1.807) is 57.2 Å². The number of urea groups is 1. The molecule has 7 N–H and O–H groups in total. The first-order chi connectivity index (χ1) is 44.8. The second kappa shape index (κ2) is 36.2. The average molecular weight is 1310 g/mol. The monoisotopic (exact) mass is 1310 g/mol. The van der Waals surface area contributed by atoms with Gasteiger partial charge < -0.3 is 56.3 Å². The smallest absolute Gasteiger partial charge is 0.411 e. The summed E-state index contributed by atoms with van der Waals surface area (Å²) in [5.74, 6) is -4.52. The molecule has 24 heteroatoms. The molecule has 11 amide bonds. The summed E-state index contributed by atoms with van der Waals surface area (Å²) in [7, 11) is 4.82. The number of rotatable bonds is 37. The number of methoxy groups -OCH3 is 2. The lowest BCUT2D eigenvalue weighted by molar-refractivity contribution is -0.148. The number of nitrogens with zero attached hydrogens (tertiary/aromatic N) is 4. The Hall–Kier alpha value is -7.73. The lowest BCUT2D eigenvalue weighted by Crippen LogP contribution is -2.60. The van der Waals surface area contributed by atoms with Crippen LogP contribution in [0.2, 0.25) is 0 Å². The number of primary amides is 1. The number of carbonyl (C=O) groups excluding carboxylic acids is 11. The van der Waals surface area contributed by atoms with Crippen molar-refractivity contribution in [3.05, 3.63) is 77.9 Å². The van der Waals surface area contributed by atoms with Crippen LogP contribution < -0.4 is 32.3 Å². The van der Waals surface area contributed by atoms with Crippen LogP contribution in [0.5, 0.6) is 0 Å². The zero-order chi connectivity index (χ0) is 68.9. The van der Waals surface area contributed by atoms with Crippen LogP contribution >= 0.6 is 0 Å². The standard InChI is InChI=1S/C70H104N10O14/c1-12-45(7)62(55(92-10)40-59(85)78-36-20-24-53(78)64(93-11)46(8)54(81)38-44(6)37-47-21-15-13-16-22-47)77(9)68(89)61(43(4)5)76-67(88)63-49-28-31-51(39-49)80(63)70(91)94-41-48-26-29-50(30-27-48)73-65(86)52(23-19-34-72-69(71)90)74-66(87)60(42(2)3)75-56(82)25-17-14-18-35-79-57(83)32-33-58(79)84/h13,15-16,21-22,26-27,29-30,32-33,42-46,49,51-53,55,60-64H,12,14,17-20,23-25,28,31,34-41H2,1-11H3,(H,73,86)(H,74,87)(H,75,82)(H,76,88)(H3,71,72,90)/t44-,45+,46+,49+,51+,52+,53+,55-,60-,61+,62+,63+,64-/m1/s1. The van der Waals surface area contributed by atoms with Gasteiger partial charge in [0.05, 0.1) is 30.7 Å². The van der Waals surface area contributed by atoms with Crippen molar-refractivity contribution < 1.29 is 67.0 Å². The number of hydrogen-bond donors (Lipinski definition) is 6. The second-order valence-corrected chi connectivity index (χ2v) is 26.9. The van der Waals surface area contributed by atoms with E-state index in [1.807, 2.05) is 57.7 Å². The summed E-state index contributed by atoms with van der Waals surface area (Å²) in [6.07, 6.45) is 7.73. The van der Waals surface area contributed by atoms with Gasteiger partial charge in [-0.2, -0.15) is 0 Å². The van der Waals surface area contributed by atoms with Gasteiger partial charge in [0.25, 0.3) is 11.8 Å². The minimum absolute atomic E-state index is 0.0275. The van der Waals surface area contributed by atoms with Crippen LogP contribution in [0.15, 0.2) is 66.7 Å². The molecule has 3 fully saturated rings. The summed E-state index contributed by atoms with van der Waals surface area (Å²) >= 11 is 0. The number of unbranched alkanes of at least 4 members (excludes halogenated alkanes) is 2. The topological polar surface area (TPSA) is 315 Å². The van der Waals surface area contributed by atoms with E-state index < -0.39 is 78.2 Å². The number of likely N-dealkylation sites (N-methyl/N-ethyl adjacent to an activating group) is 1. The Labute approximate surface area is 554 Å². The number of hydrogen-bond acceptors (Lipinski definition) is 14. The highest BCUT2D eigenvalue weighted by Crippen LogP contribution is 2.43. The predicted octanol–water partition coefficient (Wildman–Crippen LogP) is 6.57. The van der Waals surface area contributed by atoms with E-state index in [4.69, 9.17) is 19.9 Å². The molecule has 2 aromatic carbocycles. The quantitative estimate of drug-likeness (QED) is 0.0308. The summed E-state index contributed by atoms with van der Waals surface area (Å²) in [5.41, 5.74) is 7.36. The number of imide groups is 1. The number of Topliss-reactive ketones (excluding diaryl/α,β-unsaturated/α-hetero) is 1. The molecule has 2 bridgehead atoms. The lowest BCUT2D eigenvalue weighted by Gasteiger charge is -2.41. The number of carbonyl (C=O) groups is 11. The minimum atomic E-state index is -1.10. The summed E-state index contributed by atoms with van der Waals surface area (Å²) in [6, 6.07) is 10.8. The van der Waals surface area contributed by atoms with Crippen molar-refractivity contribution in [2.45, 2.75) is 213 Å². The molecule has 4 aliphatic rings. The Morgan fingerprint density at radius 3 is 2.05 bits per heavy atom. The van der Waals surface area contributed by atoms with Gasteiger partial charge in [-0.1, -0.05) is 111 Å². The fourth-order valence-corrected chi connectivity index (χ4v) is 13.9. The van der Waals surface area contributed by atoms with Crippen molar-refractivity contribution in [2.24, 2.45) is 41.2 Å². The van der Waals surface area contributed by atoms with Crippen molar-refractivity contribution in [1.29, 1.82) is 0 Å². The average Bonchev–Trinajstić information content (AvgIpc) is 1.60. The van der Waals surface area contributed by atoms with Gasteiger partial charge in [-0.3, -0.25) is 53.0 Å². The van der Waals surface area contributed by atoms with Crippen molar-refractivity contribution >= 4 is 70.9 Å². The molecule has 3 aliphatic heterocycles. The molecule has 24 nitrogen and oxygen atoms in total. The molecule has 1 aliphatic carbocycles. The Kier molecular flexibility index (Phi) is 29.0. The van der Waals surface area contributed by atoms with Gasteiger partial charge in [-0.15, -0.1) is 0 Å². The fourth-order valence-electron chi connectivity index (χ4n) is 13.9. The van der Waals surface area contributed by atoms with Gasteiger partial charge >= 0.3 is 12.1 Å². The normalized spacial score (nSPS) is 20.4. The van der Waals surface area contributed by atoms with E-state index in [2.05, 4.69) is 45.6 Å². The molecular weight excluding hydrogens is 1200 g/mol. The number of ether oxygens (including phenoxy) is 3. The van der Waals surface area contributed by atoms with Crippen molar-refractivity contribution in [3.8, 4) is 0 Å². The zero-order valence-corrected chi connectivity index (χ0v) is 57.0. The van der Waals surface area contributed by atoms with Crippen LogP contribution in [0.4, 0.5) is 15.3 Å². The summed E-state index contributed by atoms with van der Waals surface area (Å²) in [4.78, 5) is 154. The Balaban J connectivity index is 1.04. The molecule has 6 rings (SSSR count). The predicted molar refractivity (Wildman–Crippen MR) is 354 cm³/mol. The molecule has 1 saturated carbocycles. The number of ketones is 1. The van der Waals surface area contributed by atoms with Crippen LogP contribution in [-0.2, 0) is 70.4 Å². The van der Waals surface area contributed by atoms with Crippen LogP contribution in [0.25, 0.3) is 0 Å². The van der Waals surface area contributed by atoms with Gasteiger partial charge in [0.2, 0.25) is 35.4 Å². The van der Waals surface area contributed by atoms with E-state index in [9.17, 15) is 52.7 Å². The van der Waals surface area contributed by atoms with Crippen LogP contribution in [0, 0.1) is 35.5 Å². The number of fused-ring (bicyclic) bond motifs is 2. The van der Waals surface area contributed by atoms with E-state index in [1.165, 1.54) is 29.7 Å². The molecule has 0 spiro atoms. The molecule has 0 aromatic heterocycles. The first kappa shape index (κ1) is 75.3. The first-order valence-corrected chi connectivity index (χ1v) is 33.8. The highest BCUT2D eigenvalue weighted by Gasteiger charge is 2.53. The van der Waals surface area contributed by atoms with Crippen molar-refractivity contribution in [1.82, 2.24) is 40.9 Å². The number of likely N-dealkylation sites (tertiary alicyclic amines) is 2. The molecular formula is C70H104N10O14. The van der Waals surface area contributed by atoms with Crippen molar-refractivity contribution in [3.63, 3.8) is 0 Å². The summed E-state index contributed by atoms with van der Waals surface area (Å²) in [5, 5.41) is 13.9. The Bertz CT molecular complexity index is 2940. The largest absolute Gasteiger partial charge is 0.445 e. The van der Waals surface area contributed by atoms with Crippen molar-refractivity contribution in [2.75, 3.05) is 46.2 Å². The zero-order valence-electron chi connectivity index (χ0n) is 57.0. The Morgan fingerprint density at radius 1 is 0.745 bits per heavy atom. The van der Waals surface area contributed by atoms with E-state index in [0.29, 0.717) is 75.6 Å². The highest BCUT2D eigenvalue weighted by molar-refractivity contribution is 6.12. The number of amides is 11. The Morgan fingerprint density at radius 2 is 1.43 bits per heavy atom. The second-order valence-electron chi connectivity index (χ2n) is 26.9. The fraction of sp³-hybridized carbons (Fsp3) is 0.643. The maximum absolute atomic E-state index is 14.9. The molecule has 518 valence electrons. The molecule has 13 atom stereocenters. The third kappa shape index (κ3) is 20.6. The minimum Gasteiger partial charge on any atom is -0.445 e. The third-order valence-corrected chi connectivity index (χ3v) is 19.3.